The molecule has 0 unspecified atom stereocenters. The smallest absolute Gasteiger partial charge is 0.253 e. The van der Waals surface area contributed by atoms with Gasteiger partial charge in [-0.25, -0.2) is 0 Å². The van der Waals surface area contributed by atoms with Crippen LogP contribution in [-0.4, -0.2) is 17.1 Å². The Hall–Kier alpha value is -3.34. The molecule has 0 fully saturated rings. The summed E-state index contributed by atoms with van der Waals surface area (Å²) in [5.74, 6) is 0.763. The maximum absolute atomic E-state index is 12.3. The van der Waals surface area contributed by atoms with Crippen LogP contribution in [0.1, 0.15) is 5.56 Å². The number of aromatic amines is 1. The zero-order chi connectivity index (χ0) is 17.2. The molecule has 0 aliphatic heterocycles. The molecule has 2 heterocycles. The van der Waals surface area contributed by atoms with Crippen LogP contribution in [-0.2, 0) is 6.54 Å². The first-order valence-electron chi connectivity index (χ1n) is 8.02. The number of nitrogens with zero attached hydrogens (tertiary/aromatic N) is 1. The van der Waals surface area contributed by atoms with Gasteiger partial charge in [0.15, 0.2) is 0 Å². The third kappa shape index (κ3) is 2.92. The van der Waals surface area contributed by atoms with Crippen LogP contribution in [0.5, 0.6) is 5.75 Å². The van der Waals surface area contributed by atoms with Crippen molar-refractivity contribution in [1.29, 1.82) is 0 Å². The van der Waals surface area contributed by atoms with Crippen molar-refractivity contribution >= 4 is 27.5 Å². The average molecular weight is 331 g/mol. The topological polar surface area (TPSA) is 67.0 Å². The molecule has 4 aromatic rings. The summed E-state index contributed by atoms with van der Waals surface area (Å²) in [5.41, 5.74) is 3.24. The monoisotopic (exact) mass is 331 g/mol. The Morgan fingerprint density at radius 3 is 2.92 bits per heavy atom. The van der Waals surface area contributed by atoms with Crippen LogP contribution in [0, 0.1) is 0 Å². The summed E-state index contributed by atoms with van der Waals surface area (Å²) in [6, 6.07) is 17.3. The van der Waals surface area contributed by atoms with Crippen molar-refractivity contribution < 1.29 is 4.74 Å². The van der Waals surface area contributed by atoms with Crippen molar-refractivity contribution in [2.24, 2.45) is 0 Å². The molecule has 0 saturated heterocycles. The van der Waals surface area contributed by atoms with Crippen LogP contribution >= 0.6 is 0 Å². The lowest BCUT2D eigenvalue weighted by atomic mass is 10.1. The van der Waals surface area contributed by atoms with Gasteiger partial charge in [0.05, 0.1) is 12.6 Å². The highest BCUT2D eigenvalue weighted by Crippen LogP contribution is 2.22. The zero-order valence-electron chi connectivity index (χ0n) is 13.7. The SMILES string of the molecule is COc1ccc2[nH]c(=O)c(CNc3cccc4ncccc34)cc2c1. The summed E-state index contributed by atoms with van der Waals surface area (Å²) in [7, 11) is 1.63. The average Bonchev–Trinajstić information content (AvgIpc) is 2.66. The van der Waals surface area contributed by atoms with E-state index >= 15 is 0 Å². The van der Waals surface area contributed by atoms with Crippen molar-refractivity contribution in [1.82, 2.24) is 9.97 Å². The second-order valence-electron chi connectivity index (χ2n) is 5.81. The van der Waals surface area contributed by atoms with E-state index in [-0.39, 0.29) is 5.56 Å². The number of anilines is 1. The summed E-state index contributed by atoms with van der Waals surface area (Å²) in [6.07, 6.45) is 1.77. The molecule has 2 N–H and O–H groups in total. The van der Waals surface area contributed by atoms with Gasteiger partial charge in [0.2, 0.25) is 0 Å². The number of hydrogen-bond donors (Lipinski definition) is 2. The lowest BCUT2D eigenvalue weighted by molar-refractivity contribution is 0.415. The molecule has 124 valence electrons. The molecule has 0 bridgehead atoms. The predicted octanol–water partition coefficient (Wildman–Crippen LogP) is 3.70. The van der Waals surface area contributed by atoms with E-state index < -0.39 is 0 Å². The van der Waals surface area contributed by atoms with Gasteiger partial charge >= 0.3 is 0 Å². The highest BCUT2D eigenvalue weighted by molar-refractivity contribution is 5.91. The van der Waals surface area contributed by atoms with Crippen molar-refractivity contribution in [2.45, 2.75) is 6.54 Å². The van der Waals surface area contributed by atoms with Gasteiger partial charge in [0.25, 0.3) is 5.56 Å². The Morgan fingerprint density at radius 1 is 1.12 bits per heavy atom. The normalized spacial score (nSPS) is 10.9. The van der Waals surface area contributed by atoms with Crippen LogP contribution < -0.4 is 15.6 Å². The molecule has 5 heteroatoms. The Bertz CT molecular complexity index is 1110. The maximum Gasteiger partial charge on any atom is 0.253 e. The quantitative estimate of drug-likeness (QED) is 0.598. The minimum absolute atomic E-state index is 0.0940. The van der Waals surface area contributed by atoms with Gasteiger partial charge in [-0.2, -0.15) is 0 Å². The number of ether oxygens (including phenoxy) is 1. The molecular formula is C20H17N3O2. The van der Waals surface area contributed by atoms with Crippen molar-refractivity contribution in [3.8, 4) is 5.75 Å². The molecule has 4 rings (SSSR count). The summed E-state index contributed by atoms with van der Waals surface area (Å²) in [6.45, 7) is 0.427. The number of fused-ring (bicyclic) bond motifs is 2. The fraction of sp³-hybridized carbons (Fsp3) is 0.100. The Labute approximate surface area is 144 Å². The predicted molar refractivity (Wildman–Crippen MR) is 100 cm³/mol. The highest BCUT2D eigenvalue weighted by Gasteiger charge is 2.06. The maximum atomic E-state index is 12.3. The Morgan fingerprint density at radius 2 is 2.04 bits per heavy atom. The summed E-state index contributed by atoms with van der Waals surface area (Å²) < 4.78 is 5.26. The summed E-state index contributed by atoms with van der Waals surface area (Å²) in [4.78, 5) is 19.6. The number of pyridine rings is 2. The number of methoxy groups -OCH3 is 1. The number of hydrogen-bond acceptors (Lipinski definition) is 4. The van der Waals surface area contributed by atoms with Crippen molar-refractivity contribution in [3.05, 3.63) is 76.7 Å². The lowest BCUT2D eigenvalue weighted by Crippen LogP contribution is -2.15. The molecule has 0 aliphatic carbocycles. The fourth-order valence-electron chi connectivity index (χ4n) is 2.94. The van der Waals surface area contributed by atoms with Crippen molar-refractivity contribution in [2.75, 3.05) is 12.4 Å². The largest absolute Gasteiger partial charge is 0.497 e. The third-order valence-corrected chi connectivity index (χ3v) is 4.24. The van der Waals surface area contributed by atoms with Crippen LogP contribution in [0.2, 0.25) is 0 Å². The lowest BCUT2D eigenvalue weighted by Gasteiger charge is -2.10. The minimum atomic E-state index is -0.0940. The van der Waals surface area contributed by atoms with E-state index in [1.54, 1.807) is 13.3 Å². The van der Waals surface area contributed by atoms with E-state index in [0.717, 1.165) is 33.2 Å². The van der Waals surface area contributed by atoms with Gasteiger partial charge in [-0.15, -0.1) is 0 Å². The molecule has 0 aliphatic rings. The second kappa shape index (κ2) is 6.28. The van der Waals surface area contributed by atoms with E-state index in [1.807, 2.05) is 54.6 Å². The molecule has 0 atom stereocenters. The van der Waals surface area contributed by atoms with Gasteiger partial charge in [-0.3, -0.25) is 9.78 Å². The molecule has 2 aromatic heterocycles. The molecule has 0 saturated carbocycles. The van der Waals surface area contributed by atoms with E-state index in [0.29, 0.717) is 12.1 Å². The summed E-state index contributed by atoms with van der Waals surface area (Å²) in [5, 5.41) is 5.32. The molecule has 25 heavy (non-hydrogen) atoms. The zero-order valence-corrected chi connectivity index (χ0v) is 13.7. The second-order valence-corrected chi connectivity index (χ2v) is 5.81. The van der Waals surface area contributed by atoms with E-state index in [9.17, 15) is 4.79 Å². The first-order chi connectivity index (χ1) is 12.2. The van der Waals surface area contributed by atoms with Gasteiger partial charge in [-0.05, 0) is 48.5 Å². The first-order valence-corrected chi connectivity index (χ1v) is 8.02. The minimum Gasteiger partial charge on any atom is -0.497 e. The molecular weight excluding hydrogens is 314 g/mol. The van der Waals surface area contributed by atoms with Crippen LogP contribution in [0.25, 0.3) is 21.8 Å². The summed E-state index contributed by atoms with van der Waals surface area (Å²) >= 11 is 0. The third-order valence-electron chi connectivity index (χ3n) is 4.24. The number of H-pyrrole nitrogens is 1. The number of nitrogens with one attached hydrogen (secondary N) is 2. The molecule has 0 spiro atoms. The standard InChI is InChI=1S/C20H17N3O2/c1-25-15-7-8-17-13(11-15)10-14(20(24)23-17)12-22-19-6-2-5-18-16(19)4-3-9-21-18/h2-11,22H,12H2,1H3,(H,23,24). The molecule has 5 nitrogen and oxygen atoms in total. The van der Waals surface area contributed by atoms with Crippen LogP contribution in [0.4, 0.5) is 5.69 Å². The van der Waals surface area contributed by atoms with Crippen molar-refractivity contribution in [3.63, 3.8) is 0 Å². The van der Waals surface area contributed by atoms with Gasteiger partial charge in [0.1, 0.15) is 5.75 Å². The first kappa shape index (κ1) is 15.2. The molecule has 2 aromatic carbocycles. The van der Waals surface area contributed by atoms with Gasteiger partial charge in [0, 0.05) is 40.3 Å². The van der Waals surface area contributed by atoms with Crippen LogP contribution in [0.3, 0.4) is 0 Å². The van der Waals surface area contributed by atoms with E-state index in [2.05, 4.69) is 15.3 Å². The van der Waals surface area contributed by atoms with E-state index in [4.69, 9.17) is 4.74 Å². The number of benzene rings is 2. The van der Waals surface area contributed by atoms with Gasteiger partial charge < -0.3 is 15.0 Å². The number of aromatic nitrogens is 2. The Balaban J connectivity index is 1.68. The van der Waals surface area contributed by atoms with E-state index in [1.165, 1.54) is 0 Å². The molecule has 0 radical (unpaired) electrons. The fourth-order valence-corrected chi connectivity index (χ4v) is 2.94. The Kier molecular flexibility index (Phi) is 3.82. The number of rotatable bonds is 4. The molecule has 0 amide bonds. The van der Waals surface area contributed by atoms with Crippen LogP contribution in [0.15, 0.2) is 65.6 Å². The highest BCUT2D eigenvalue weighted by atomic mass is 16.5. The van der Waals surface area contributed by atoms with Gasteiger partial charge in [-0.1, -0.05) is 6.07 Å².